The first-order valence-corrected chi connectivity index (χ1v) is 3.38. The first-order valence-electron chi connectivity index (χ1n) is 3.38. The fraction of sp³-hybridized carbons (Fsp3) is 0.143. The van der Waals surface area contributed by atoms with Gasteiger partial charge < -0.3 is 9.88 Å². The molecule has 0 bridgehead atoms. The van der Waals surface area contributed by atoms with Crippen LogP contribution in [0.2, 0.25) is 6.82 Å². The molecule has 1 aliphatic rings. The van der Waals surface area contributed by atoms with E-state index in [1.807, 2.05) is 31.1 Å². The molecule has 0 radical (unpaired) electrons. The number of para-hydroxylation sites is 2. The molecule has 0 aliphatic carbocycles. The van der Waals surface area contributed by atoms with Crippen molar-refractivity contribution >= 4 is 12.7 Å². The van der Waals surface area contributed by atoms with E-state index in [1.54, 1.807) is 0 Å². The zero-order valence-electron chi connectivity index (χ0n) is 5.79. The van der Waals surface area contributed by atoms with Crippen molar-refractivity contribution in [1.82, 2.24) is 0 Å². The molecule has 1 aromatic carbocycles. The number of nitrogens with one attached hydrogen (secondary N) is 1. The van der Waals surface area contributed by atoms with Crippen molar-refractivity contribution in [1.29, 1.82) is 0 Å². The first-order chi connectivity index (χ1) is 4.86. The average molecular weight is 133 g/mol. The molecule has 0 atom stereocenters. The lowest BCUT2D eigenvalue weighted by molar-refractivity contribution is 0.600. The van der Waals surface area contributed by atoms with Crippen LogP contribution in [-0.4, -0.2) is 7.05 Å². The highest BCUT2D eigenvalue weighted by molar-refractivity contribution is 6.57. The van der Waals surface area contributed by atoms with Gasteiger partial charge in [0.2, 0.25) is 0 Å². The maximum atomic E-state index is 5.40. The Balaban J connectivity index is 2.42. The third-order valence-corrected chi connectivity index (χ3v) is 1.55. The summed E-state index contributed by atoms with van der Waals surface area (Å²) in [5.74, 6) is 0.954. The molecule has 0 aromatic heterocycles. The van der Waals surface area contributed by atoms with E-state index in [-0.39, 0.29) is 7.05 Å². The molecule has 50 valence electrons. The molecule has 1 aromatic rings. The predicted octanol–water partition coefficient (Wildman–Crippen LogP) is 1.61. The van der Waals surface area contributed by atoms with Crippen LogP contribution in [0.4, 0.5) is 5.69 Å². The van der Waals surface area contributed by atoms with E-state index in [9.17, 15) is 0 Å². The van der Waals surface area contributed by atoms with Gasteiger partial charge in [-0.15, -0.1) is 0 Å². The van der Waals surface area contributed by atoms with Gasteiger partial charge in [0, 0.05) is 0 Å². The van der Waals surface area contributed by atoms with Gasteiger partial charge in [0.25, 0.3) is 0 Å². The summed E-state index contributed by atoms with van der Waals surface area (Å²) in [6.07, 6.45) is 0. The van der Waals surface area contributed by atoms with E-state index >= 15 is 0 Å². The predicted molar refractivity (Wildman–Crippen MR) is 42.3 cm³/mol. The summed E-state index contributed by atoms with van der Waals surface area (Å²) in [6.45, 7) is 1.99. The van der Waals surface area contributed by atoms with Crippen LogP contribution >= 0.6 is 0 Å². The van der Waals surface area contributed by atoms with Crippen molar-refractivity contribution < 1.29 is 4.65 Å². The minimum absolute atomic E-state index is 0.123. The van der Waals surface area contributed by atoms with Crippen LogP contribution in [-0.2, 0) is 0 Å². The molecule has 0 spiro atoms. The van der Waals surface area contributed by atoms with E-state index in [2.05, 4.69) is 5.23 Å². The van der Waals surface area contributed by atoms with Crippen LogP contribution in [0.1, 0.15) is 0 Å². The summed E-state index contributed by atoms with van der Waals surface area (Å²) >= 11 is 0. The monoisotopic (exact) mass is 133 g/mol. The van der Waals surface area contributed by atoms with Gasteiger partial charge in [0.1, 0.15) is 5.75 Å². The van der Waals surface area contributed by atoms with Gasteiger partial charge in [-0.1, -0.05) is 12.1 Å². The summed E-state index contributed by atoms with van der Waals surface area (Å²) in [5.41, 5.74) is 1.09. The van der Waals surface area contributed by atoms with Crippen LogP contribution < -0.4 is 9.88 Å². The highest BCUT2D eigenvalue weighted by Gasteiger charge is 2.21. The molecule has 2 nitrogen and oxygen atoms in total. The Morgan fingerprint density at radius 2 is 2.20 bits per heavy atom. The number of hydrogen-bond acceptors (Lipinski definition) is 2. The van der Waals surface area contributed by atoms with E-state index in [0.717, 1.165) is 11.4 Å². The smallest absolute Gasteiger partial charge is 0.476 e. The third kappa shape index (κ3) is 0.745. The van der Waals surface area contributed by atoms with Gasteiger partial charge in [-0.2, -0.15) is 0 Å². The molecule has 0 unspecified atom stereocenters. The molecule has 1 N–H and O–H groups in total. The molecular weight excluding hydrogens is 125 g/mol. The van der Waals surface area contributed by atoms with Crippen molar-refractivity contribution in [2.24, 2.45) is 0 Å². The van der Waals surface area contributed by atoms with Crippen LogP contribution in [0.25, 0.3) is 0 Å². The minimum Gasteiger partial charge on any atom is -0.540 e. The highest BCUT2D eigenvalue weighted by Crippen LogP contribution is 2.29. The zero-order chi connectivity index (χ0) is 6.97. The number of anilines is 1. The summed E-state index contributed by atoms with van der Waals surface area (Å²) < 4.78 is 5.40. The minimum atomic E-state index is 0.123. The molecule has 0 saturated carbocycles. The number of benzene rings is 1. The standard InChI is InChI=1S/C7H8BNO/c1-8-9-6-4-2-3-5-7(6)10-8/h2-5,9H,1H3. The first kappa shape index (κ1) is 5.65. The Morgan fingerprint density at radius 1 is 1.40 bits per heavy atom. The van der Waals surface area contributed by atoms with E-state index in [4.69, 9.17) is 4.65 Å². The molecule has 2 rings (SSSR count). The Bertz CT molecular complexity index is 226. The molecule has 3 heteroatoms. The average Bonchev–Trinajstić information content (AvgIpc) is 2.27. The maximum Gasteiger partial charge on any atom is 0.476 e. The number of fused-ring (bicyclic) bond motifs is 1. The molecule has 0 saturated heterocycles. The van der Waals surface area contributed by atoms with Gasteiger partial charge in [-0.3, -0.25) is 0 Å². The van der Waals surface area contributed by atoms with Gasteiger partial charge in [0.15, 0.2) is 0 Å². The maximum absolute atomic E-state index is 5.40. The summed E-state index contributed by atoms with van der Waals surface area (Å²) in [6, 6.07) is 7.94. The van der Waals surface area contributed by atoms with Gasteiger partial charge >= 0.3 is 7.05 Å². The fourth-order valence-corrected chi connectivity index (χ4v) is 1.13. The molecule has 1 heterocycles. The van der Waals surface area contributed by atoms with Crippen molar-refractivity contribution in [3.63, 3.8) is 0 Å². The highest BCUT2D eigenvalue weighted by atomic mass is 16.5. The van der Waals surface area contributed by atoms with Crippen molar-refractivity contribution in [3.8, 4) is 5.75 Å². The third-order valence-electron chi connectivity index (χ3n) is 1.55. The van der Waals surface area contributed by atoms with Crippen molar-refractivity contribution in [2.45, 2.75) is 6.82 Å². The largest absolute Gasteiger partial charge is 0.540 e. The van der Waals surface area contributed by atoms with Crippen LogP contribution in [0.5, 0.6) is 5.75 Å². The number of hydrogen-bond donors (Lipinski definition) is 1. The summed E-state index contributed by atoms with van der Waals surface area (Å²) in [5, 5.41) is 3.18. The van der Waals surface area contributed by atoms with Crippen LogP contribution in [0.15, 0.2) is 24.3 Å². The Hall–Kier alpha value is -1.12. The molecule has 1 aliphatic heterocycles. The second-order valence-corrected chi connectivity index (χ2v) is 2.40. The van der Waals surface area contributed by atoms with E-state index in [1.165, 1.54) is 0 Å². The summed E-state index contributed by atoms with van der Waals surface area (Å²) in [7, 11) is 0.123. The Morgan fingerprint density at radius 3 is 3.00 bits per heavy atom. The van der Waals surface area contributed by atoms with Crippen LogP contribution in [0, 0.1) is 0 Å². The number of rotatable bonds is 0. The van der Waals surface area contributed by atoms with Gasteiger partial charge in [0.05, 0.1) is 5.69 Å². The molecule has 0 amide bonds. The topological polar surface area (TPSA) is 21.3 Å². The summed E-state index contributed by atoms with van der Waals surface area (Å²) in [4.78, 5) is 0. The molecule has 0 fully saturated rings. The SMILES string of the molecule is CB1Nc2ccccc2O1. The fourth-order valence-electron chi connectivity index (χ4n) is 1.13. The Kier molecular flexibility index (Phi) is 1.10. The molecular formula is C7H8BNO. The van der Waals surface area contributed by atoms with Crippen molar-refractivity contribution in [3.05, 3.63) is 24.3 Å². The van der Waals surface area contributed by atoms with Crippen LogP contribution in [0.3, 0.4) is 0 Å². The van der Waals surface area contributed by atoms with Gasteiger partial charge in [-0.05, 0) is 19.0 Å². The zero-order valence-corrected chi connectivity index (χ0v) is 5.79. The lowest BCUT2D eigenvalue weighted by atomic mass is 9.89. The lowest BCUT2D eigenvalue weighted by Gasteiger charge is -1.95. The quantitative estimate of drug-likeness (QED) is 0.542. The van der Waals surface area contributed by atoms with E-state index in [0.29, 0.717) is 0 Å². The second-order valence-electron chi connectivity index (χ2n) is 2.40. The lowest BCUT2D eigenvalue weighted by Crippen LogP contribution is -2.20. The second kappa shape index (κ2) is 1.94. The normalized spacial score (nSPS) is 13.9. The van der Waals surface area contributed by atoms with E-state index < -0.39 is 0 Å². The Labute approximate surface area is 60.3 Å². The molecule has 10 heavy (non-hydrogen) atoms. The van der Waals surface area contributed by atoms with Crippen molar-refractivity contribution in [2.75, 3.05) is 5.23 Å². The van der Waals surface area contributed by atoms with Gasteiger partial charge in [-0.25, -0.2) is 0 Å².